The lowest BCUT2D eigenvalue weighted by molar-refractivity contribution is -0.145. The van der Waals surface area contributed by atoms with Crippen molar-refractivity contribution in [2.75, 3.05) is 18.0 Å². The van der Waals surface area contributed by atoms with Crippen LogP contribution in [0, 0.1) is 0 Å². The number of nitrogens with zero attached hydrogens (tertiary/aromatic N) is 1. The molecule has 0 heterocycles. The van der Waals surface area contributed by atoms with Crippen molar-refractivity contribution in [3.8, 4) is 0 Å². The van der Waals surface area contributed by atoms with Gasteiger partial charge in [-0.25, -0.2) is 8.42 Å². The van der Waals surface area contributed by atoms with Gasteiger partial charge in [-0.15, -0.1) is 13.2 Å². The molecule has 8 nitrogen and oxygen atoms in total. The molecule has 0 bridgehead atoms. The van der Waals surface area contributed by atoms with Crippen LogP contribution in [-0.2, 0) is 19.6 Å². The number of fused-ring (bicyclic) bond motifs is 1. The number of nitrogens with one attached hydrogen (secondary N) is 1. The van der Waals surface area contributed by atoms with Gasteiger partial charge in [0.25, 0.3) is 0 Å². The summed E-state index contributed by atoms with van der Waals surface area (Å²) < 4.78 is 27.8. The summed E-state index contributed by atoms with van der Waals surface area (Å²) in [5.74, 6) is -2.96. The maximum Gasteiger partial charge on any atom is 0.322 e. The van der Waals surface area contributed by atoms with E-state index in [-0.39, 0.29) is 4.90 Å². The Kier molecular flexibility index (Phi) is 10.2. The molecule has 1 unspecified atom stereocenters. The molecule has 9 heteroatoms. The standard InChI is InChI=1S/C20H26N2O6S.C2H4/c1-3-5-12-22(4-2)17-10-6-9-15-14(17)8-7-11-18(15)29(27,28)21-16(20(25)26)13-19(23)24;1-2/h6-11,16,21H,3-5,12-13H2,1-2H3,(H,23,24)(H,25,26);1-2H2. The molecule has 0 saturated carbocycles. The number of carboxylic acids is 2. The van der Waals surface area contributed by atoms with Crippen LogP contribution in [0.25, 0.3) is 10.8 Å². The average molecular weight is 451 g/mol. The van der Waals surface area contributed by atoms with E-state index in [1.807, 2.05) is 23.8 Å². The first-order valence-electron chi connectivity index (χ1n) is 9.94. The third kappa shape index (κ3) is 6.80. The molecule has 1 atom stereocenters. The van der Waals surface area contributed by atoms with E-state index in [0.29, 0.717) is 5.39 Å². The van der Waals surface area contributed by atoms with Crippen molar-refractivity contribution >= 4 is 38.4 Å². The maximum atomic E-state index is 12.9. The van der Waals surface area contributed by atoms with Crippen molar-refractivity contribution in [2.24, 2.45) is 0 Å². The smallest absolute Gasteiger partial charge is 0.322 e. The number of carboxylic acid groups (broad SMARTS) is 2. The van der Waals surface area contributed by atoms with Crippen molar-refractivity contribution in [1.29, 1.82) is 0 Å². The van der Waals surface area contributed by atoms with Gasteiger partial charge in [0.1, 0.15) is 6.04 Å². The lowest BCUT2D eigenvalue weighted by atomic mass is 10.1. The minimum Gasteiger partial charge on any atom is -0.481 e. The molecule has 0 radical (unpaired) electrons. The van der Waals surface area contributed by atoms with E-state index >= 15 is 0 Å². The second kappa shape index (κ2) is 12.1. The quantitative estimate of drug-likeness (QED) is 0.448. The molecule has 0 amide bonds. The molecule has 0 aliphatic rings. The van der Waals surface area contributed by atoms with Gasteiger partial charge in [-0.2, -0.15) is 4.72 Å². The number of aliphatic carboxylic acids is 2. The molecule has 3 N–H and O–H groups in total. The van der Waals surface area contributed by atoms with Crippen LogP contribution in [0.3, 0.4) is 0 Å². The number of hydrogen-bond donors (Lipinski definition) is 3. The Morgan fingerprint density at radius 2 is 1.68 bits per heavy atom. The summed E-state index contributed by atoms with van der Waals surface area (Å²) in [5, 5.41) is 19.2. The Bertz CT molecular complexity index is 1010. The summed E-state index contributed by atoms with van der Waals surface area (Å²) in [5.41, 5.74) is 0.899. The monoisotopic (exact) mass is 450 g/mol. The van der Waals surface area contributed by atoms with E-state index in [1.165, 1.54) is 6.07 Å². The number of unbranched alkanes of at least 4 members (excludes halogenated alkanes) is 1. The van der Waals surface area contributed by atoms with Crippen molar-refractivity contribution in [3.05, 3.63) is 49.6 Å². The Balaban J connectivity index is 0.00000233. The normalized spacial score (nSPS) is 11.9. The molecule has 0 aliphatic carbocycles. The fraction of sp³-hybridized carbons (Fsp3) is 0.364. The second-order valence-electron chi connectivity index (χ2n) is 6.67. The zero-order chi connectivity index (χ0) is 23.6. The fourth-order valence-electron chi connectivity index (χ4n) is 3.18. The highest BCUT2D eigenvalue weighted by atomic mass is 32.2. The van der Waals surface area contributed by atoms with Gasteiger partial charge in [0.2, 0.25) is 10.0 Å². The average Bonchev–Trinajstić information content (AvgIpc) is 2.74. The van der Waals surface area contributed by atoms with E-state index < -0.39 is 34.4 Å². The molecule has 0 saturated heterocycles. The van der Waals surface area contributed by atoms with Gasteiger partial charge in [0, 0.05) is 29.5 Å². The number of rotatable bonds is 11. The van der Waals surface area contributed by atoms with E-state index in [9.17, 15) is 23.1 Å². The Labute approximate surface area is 183 Å². The second-order valence-corrected chi connectivity index (χ2v) is 8.35. The van der Waals surface area contributed by atoms with Crippen LogP contribution in [0.15, 0.2) is 54.5 Å². The van der Waals surface area contributed by atoms with Gasteiger partial charge in [0.15, 0.2) is 0 Å². The molecular weight excluding hydrogens is 420 g/mol. The molecule has 0 aliphatic heterocycles. The van der Waals surface area contributed by atoms with E-state index in [4.69, 9.17) is 5.11 Å². The van der Waals surface area contributed by atoms with Gasteiger partial charge in [-0.3, -0.25) is 9.59 Å². The molecular formula is C22H30N2O6S. The predicted molar refractivity (Wildman–Crippen MR) is 122 cm³/mol. The Morgan fingerprint density at radius 3 is 2.23 bits per heavy atom. The molecule has 31 heavy (non-hydrogen) atoms. The highest BCUT2D eigenvalue weighted by molar-refractivity contribution is 7.89. The molecule has 2 aromatic carbocycles. The molecule has 0 fully saturated rings. The van der Waals surface area contributed by atoms with Crippen LogP contribution in [-0.4, -0.2) is 49.7 Å². The number of anilines is 1. The van der Waals surface area contributed by atoms with Crippen molar-refractivity contribution in [1.82, 2.24) is 4.72 Å². The van der Waals surface area contributed by atoms with Crippen molar-refractivity contribution in [2.45, 2.75) is 44.0 Å². The van der Waals surface area contributed by atoms with Crippen molar-refractivity contribution < 1.29 is 28.2 Å². The van der Waals surface area contributed by atoms with Crippen molar-refractivity contribution in [3.63, 3.8) is 0 Å². The van der Waals surface area contributed by atoms with Crippen LogP contribution >= 0.6 is 0 Å². The van der Waals surface area contributed by atoms with Crippen LogP contribution in [0.1, 0.15) is 33.1 Å². The number of sulfonamides is 1. The summed E-state index contributed by atoms with van der Waals surface area (Å²) in [6.45, 7) is 11.7. The summed E-state index contributed by atoms with van der Waals surface area (Å²) >= 11 is 0. The van der Waals surface area contributed by atoms with Gasteiger partial charge in [-0.1, -0.05) is 37.6 Å². The summed E-state index contributed by atoms with van der Waals surface area (Å²) in [7, 11) is -4.26. The minimum absolute atomic E-state index is 0.0833. The molecule has 2 rings (SSSR count). The Hall–Kier alpha value is -2.91. The number of hydrogen-bond acceptors (Lipinski definition) is 5. The van der Waals surface area contributed by atoms with Crippen LogP contribution in [0.2, 0.25) is 0 Å². The highest BCUT2D eigenvalue weighted by Crippen LogP contribution is 2.31. The molecule has 0 aromatic heterocycles. The number of carbonyl (C=O) groups is 2. The van der Waals surface area contributed by atoms with E-state index in [0.717, 1.165) is 37.0 Å². The maximum absolute atomic E-state index is 12.9. The van der Waals surface area contributed by atoms with E-state index in [2.05, 4.69) is 25.0 Å². The fourth-order valence-corrected chi connectivity index (χ4v) is 4.59. The predicted octanol–water partition coefficient (Wildman–Crippen LogP) is 3.47. The van der Waals surface area contributed by atoms with Gasteiger partial charge in [0.05, 0.1) is 11.3 Å². The SMILES string of the molecule is C=C.CCCCN(CC)c1cccc2c(S(=O)(=O)NC(CC(=O)O)C(=O)O)cccc12. The van der Waals surface area contributed by atoms with Gasteiger partial charge < -0.3 is 15.1 Å². The first-order valence-corrected chi connectivity index (χ1v) is 11.4. The highest BCUT2D eigenvalue weighted by Gasteiger charge is 2.28. The molecule has 170 valence electrons. The van der Waals surface area contributed by atoms with Gasteiger partial charge in [-0.05, 0) is 25.5 Å². The van der Waals surface area contributed by atoms with E-state index in [1.54, 1.807) is 18.2 Å². The molecule has 0 spiro atoms. The number of benzene rings is 2. The third-order valence-corrected chi connectivity index (χ3v) is 6.16. The molecule has 2 aromatic rings. The zero-order valence-corrected chi connectivity index (χ0v) is 18.7. The summed E-state index contributed by atoms with van der Waals surface area (Å²) in [6, 6.07) is 8.40. The largest absolute Gasteiger partial charge is 0.481 e. The lowest BCUT2D eigenvalue weighted by Crippen LogP contribution is -2.42. The van der Waals surface area contributed by atoms with Gasteiger partial charge >= 0.3 is 11.9 Å². The zero-order valence-electron chi connectivity index (χ0n) is 17.9. The minimum atomic E-state index is -4.26. The topological polar surface area (TPSA) is 124 Å². The first kappa shape index (κ1) is 26.1. The van der Waals surface area contributed by atoms with Crippen LogP contribution in [0.5, 0.6) is 0 Å². The summed E-state index contributed by atoms with van der Waals surface area (Å²) in [6.07, 6.45) is 1.18. The van der Waals surface area contributed by atoms with Crippen LogP contribution in [0.4, 0.5) is 5.69 Å². The lowest BCUT2D eigenvalue weighted by Gasteiger charge is -2.25. The Morgan fingerprint density at radius 1 is 1.06 bits per heavy atom. The van der Waals surface area contributed by atoms with Crippen LogP contribution < -0.4 is 9.62 Å². The third-order valence-electron chi connectivity index (χ3n) is 4.63. The first-order chi connectivity index (χ1) is 14.7. The summed E-state index contributed by atoms with van der Waals surface area (Å²) in [4.78, 5) is 24.3.